The van der Waals surface area contributed by atoms with Crippen LogP contribution in [0.5, 0.6) is 0 Å². The minimum absolute atomic E-state index is 0.249. The van der Waals surface area contributed by atoms with E-state index in [1.165, 1.54) is 11.3 Å². The third kappa shape index (κ3) is 3.35. The van der Waals surface area contributed by atoms with E-state index in [-0.39, 0.29) is 5.91 Å². The van der Waals surface area contributed by atoms with E-state index in [4.69, 9.17) is 17.3 Å². The molecule has 0 spiro atoms. The van der Waals surface area contributed by atoms with Gasteiger partial charge in [-0.2, -0.15) is 5.26 Å². The zero-order valence-corrected chi connectivity index (χ0v) is 17.1. The molecule has 3 aromatic rings. The number of hydrogen-bond acceptors (Lipinski definition) is 5. The Morgan fingerprint density at radius 3 is 2.59 bits per heavy atom. The van der Waals surface area contributed by atoms with Gasteiger partial charge in [0.25, 0.3) is 5.91 Å². The molecular weight excluding hydrogens is 404 g/mol. The minimum atomic E-state index is -0.484. The number of anilines is 3. The van der Waals surface area contributed by atoms with Crippen LogP contribution in [-0.4, -0.2) is 5.91 Å². The van der Waals surface area contributed by atoms with Gasteiger partial charge in [-0.1, -0.05) is 48.0 Å². The monoisotopic (exact) mass is 420 g/mol. The number of carbonyl (C=O) groups excluding carboxylic acids is 1. The number of carbonyl (C=O) groups is 1. The van der Waals surface area contributed by atoms with Crippen molar-refractivity contribution in [1.82, 2.24) is 0 Å². The van der Waals surface area contributed by atoms with Gasteiger partial charge in [-0.05, 0) is 30.7 Å². The molecule has 1 aromatic heterocycles. The van der Waals surface area contributed by atoms with E-state index < -0.39 is 5.92 Å². The third-order valence-electron chi connectivity index (χ3n) is 4.86. The number of nitrogens with one attached hydrogen (secondary N) is 2. The molecule has 2 heterocycles. The first-order valence-electron chi connectivity index (χ1n) is 8.92. The minimum Gasteiger partial charge on any atom is -0.397 e. The van der Waals surface area contributed by atoms with E-state index in [1.807, 2.05) is 55.5 Å². The SMILES string of the molecule is CC1=C(C(=O)Nc2ccccc2)C(c2ccccc2Cl)c2c(sc(C#N)c2N)N1. The molecule has 0 fully saturated rings. The number of amides is 1. The number of halogens is 1. The van der Waals surface area contributed by atoms with E-state index >= 15 is 0 Å². The predicted molar refractivity (Wildman–Crippen MR) is 118 cm³/mol. The summed E-state index contributed by atoms with van der Waals surface area (Å²) in [4.78, 5) is 13.7. The van der Waals surface area contributed by atoms with Crippen LogP contribution in [0.4, 0.5) is 16.4 Å². The lowest BCUT2D eigenvalue weighted by molar-refractivity contribution is -0.113. The lowest BCUT2D eigenvalue weighted by Crippen LogP contribution is -2.27. The van der Waals surface area contributed by atoms with Gasteiger partial charge in [0.1, 0.15) is 15.9 Å². The van der Waals surface area contributed by atoms with Crippen molar-refractivity contribution in [1.29, 1.82) is 5.26 Å². The second-order valence-corrected chi connectivity index (χ2v) is 8.07. The Labute approximate surface area is 177 Å². The maximum Gasteiger partial charge on any atom is 0.254 e. The highest BCUT2D eigenvalue weighted by Crippen LogP contribution is 2.51. The molecule has 0 radical (unpaired) electrons. The number of nitriles is 1. The van der Waals surface area contributed by atoms with E-state index in [2.05, 4.69) is 16.7 Å². The van der Waals surface area contributed by atoms with Crippen molar-refractivity contribution in [2.75, 3.05) is 16.4 Å². The molecule has 0 saturated heterocycles. The van der Waals surface area contributed by atoms with Gasteiger partial charge < -0.3 is 16.4 Å². The molecule has 1 aliphatic rings. The summed E-state index contributed by atoms with van der Waals surface area (Å²) >= 11 is 7.80. The first kappa shape index (κ1) is 19.1. The number of nitrogen functional groups attached to an aromatic ring is 1. The Morgan fingerprint density at radius 2 is 1.90 bits per heavy atom. The molecule has 1 amide bonds. The van der Waals surface area contributed by atoms with Crippen LogP contribution in [0.15, 0.2) is 65.9 Å². The Kier molecular flexibility index (Phi) is 5.01. The molecule has 1 atom stereocenters. The average molecular weight is 421 g/mol. The molecule has 4 rings (SSSR count). The van der Waals surface area contributed by atoms with Crippen molar-refractivity contribution in [3.63, 3.8) is 0 Å². The van der Waals surface area contributed by atoms with Gasteiger partial charge in [0, 0.05) is 33.5 Å². The fourth-order valence-corrected chi connectivity index (χ4v) is 4.82. The quantitative estimate of drug-likeness (QED) is 0.534. The summed E-state index contributed by atoms with van der Waals surface area (Å²) in [5, 5.41) is 16.9. The van der Waals surface area contributed by atoms with E-state index in [9.17, 15) is 10.1 Å². The molecule has 0 saturated carbocycles. The maximum absolute atomic E-state index is 13.3. The van der Waals surface area contributed by atoms with Crippen LogP contribution in [0.25, 0.3) is 0 Å². The van der Waals surface area contributed by atoms with Gasteiger partial charge in [0.15, 0.2) is 0 Å². The first-order chi connectivity index (χ1) is 14.0. The molecule has 0 aliphatic carbocycles. The number of allylic oxidation sites excluding steroid dienone is 1. The Hall–Kier alpha value is -3.27. The summed E-state index contributed by atoms with van der Waals surface area (Å²) < 4.78 is 0. The number of para-hydroxylation sites is 1. The summed E-state index contributed by atoms with van der Waals surface area (Å²) in [5.74, 6) is -0.733. The number of nitrogens with two attached hydrogens (primary N) is 1. The highest BCUT2D eigenvalue weighted by Gasteiger charge is 2.37. The summed E-state index contributed by atoms with van der Waals surface area (Å²) in [5.41, 5.74) is 10.1. The smallest absolute Gasteiger partial charge is 0.254 e. The van der Waals surface area contributed by atoms with Gasteiger partial charge in [-0.25, -0.2) is 0 Å². The average Bonchev–Trinajstić information content (AvgIpc) is 3.03. The highest BCUT2D eigenvalue weighted by atomic mass is 35.5. The summed E-state index contributed by atoms with van der Waals surface area (Å²) in [6.45, 7) is 1.84. The zero-order chi connectivity index (χ0) is 20.5. The van der Waals surface area contributed by atoms with E-state index in [0.29, 0.717) is 38.1 Å². The Balaban J connectivity index is 1.88. The maximum atomic E-state index is 13.3. The second kappa shape index (κ2) is 7.63. The topological polar surface area (TPSA) is 90.9 Å². The normalized spacial score (nSPS) is 15.3. The Morgan fingerprint density at radius 1 is 1.21 bits per heavy atom. The number of thiophene rings is 1. The van der Waals surface area contributed by atoms with Crippen LogP contribution in [-0.2, 0) is 4.79 Å². The van der Waals surface area contributed by atoms with Crippen molar-refractivity contribution in [3.8, 4) is 6.07 Å². The number of nitrogens with zero attached hydrogens (tertiary/aromatic N) is 1. The van der Waals surface area contributed by atoms with E-state index in [1.54, 1.807) is 6.07 Å². The summed E-state index contributed by atoms with van der Waals surface area (Å²) in [7, 11) is 0. The molecule has 2 aromatic carbocycles. The van der Waals surface area contributed by atoms with Gasteiger partial charge in [-0.3, -0.25) is 4.79 Å². The molecule has 0 bridgehead atoms. The van der Waals surface area contributed by atoms with Crippen molar-refractivity contribution in [2.24, 2.45) is 0 Å². The fourth-order valence-electron chi connectivity index (χ4n) is 3.56. The number of hydrogen-bond donors (Lipinski definition) is 3. The van der Waals surface area contributed by atoms with Crippen LogP contribution in [0.2, 0.25) is 5.02 Å². The highest BCUT2D eigenvalue weighted by molar-refractivity contribution is 7.17. The van der Waals surface area contributed by atoms with Gasteiger partial charge >= 0.3 is 0 Å². The second-order valence-electron chi connectivity index (χ2n) is 6.64. The first-order valence-corrected chi connectivity index (χ1v) is 10.1. The van der Waals surface area contributed by atoms with Crippen LogP contribution in [0, 0.1) is 11.3 Å². The molecule has 1 unspecified atom stereocenters. The van der Waals surface area contributed by atoms with Gasteiger partial charge in [0.05, 0.1) is 5.69 Å². The van der Waals surface area contributed by atoms with Gasteiger partial charge in [-0.15, -0.1) is 11.3 Å². The number of rotatable bonds is 3. The third-order valence-corrected chi connectivity index (χ3v) is 6.25. The molecular formula is C22H17ClN4OS. The molecule has 29 heavy (non-hydrogen) atoms. The Bertz CT molecular complexity index is 1180. The fraction of sp³-hybridized carbons (Fsp3) is 0.0909. The van der Waals surface area contributed by atoms with Crippen LogP contribution in [0.3, 0.4) is 0 Å². The number of fused-ring (bicyclic) bond motifs is 1. The van der Waals surface area contributed by atoms with Gasteiger partial charge in [0.2, 0.25) is 0 Å². The van der Waals surface area contributed by atoms with Crippen LogP contribution < -0.4 is 16.4 Å². The largest absolute Gasteiger partial charge is 0.397 e. The predicted octanol–water partition coefficient (Wildman–Crippen LogP) is 5.33. The zero-order valence-electron chi connectivity index (χ0n) is 15.5. The summed E-state index contributed by atoms with van der Waals surface area (Å²) in [6, 6.07) is 18.8. The van der Waals surface area contributed by atoms with Crippen LogP contribution >= 0.6 is 22.9 Å². The van der Waals surface area contributed by atoms with Crippen molar-refractivity contribution < 1.29 is 4.79 Å². The standard InChI is InChI=1S/C22H17ClN4OS/c1-12-17(21(28)27-13-7-3-2-4-8-13)18(14-9-5-6-10-15(14)23)19-20(25)16(11-24)29-22(19)26-12/h2-10,18,26H,25H2,1H3,(H,27,28). The van der Waals surface area contributed by atoms with Crippen molar-refractivity contribution in [2.45, 2.75) is 12.8 Å². The molecule has 5 nitrogen and oxygen atoms in total. The van der Waals surface area contributed by atoms with Crippen LogP contribution in [0.1, 0.15) is 28.8 Å². The molecule has 4 N–H and O–H groups in total. The van der Waals surface area contributed by atoms with Crippen molar-refractivity contribution in [3.05, 3.63) is 86.9 Å². The summed E-state index contributed by atoms with van der Waals surface area (Å²) in [6.07, 6.45) is 0. The number of benzene rings is 2. The molecule has 144 valence electrons. The lowest BCUT2D eigenvalue weighted by atomic mass is 9.81. The van der Waals surface area contributed by atoms with E-state index in [0.717, 1.165) is 10.6 Å². The molecule has 1 aliphatic heterocycles. The van der Waals surface area contributed by atoms with Crippen molar-refractivity contribution >= 4 is 45.2 Å². The molecule has 7 heteroatoms. The lowest BCUT2D eigenvalue weighted by Gasteiger charge is -2.29.